The molecule has 0 aromatic carbocycles. The largest absolute Gasteiger partial charge is 0.395 e. The van der Waals surface area contributed by atoms with Gasteiger partial charge >= 0.3 is 5.69 Å². The topological polar surface area (TPSA) is 82.1 Å². The van der Waals surface area contributed by atoms with Crippen molar-refractivity contribution in [2.75, 3.05) is 6.61 Å². The van der Waals surface area contributed by atoms with E-state index >= 15 is 0 Å². The Morgan fingerprint density at radius 3 is 2.50 bits per heavy atom. The molecular formula is C11H16N4O3. The van der Waals surface area contributed by atoms with Crippen LogP contribution in [-0.4, -0.2) is 30.4 Å². The molecule has 7 heteroatoms. The number of aliphatic hydroxyl groups is 1. The van der Waals surface area contributed by atoms with Crippen molar-refractivity contribution in [1.29, 1.82) is 0 Å². The fourth-order valence-electron chi connectivity index (χ4n) is 2.06. The van der Waals surface area contributed by atoms with Crippen LogP contribution in [0, 0.1) is 0 Å². The second-order valence-electron chi connectivity index (χ2n) is 3.91. The molecule has 0 aliphatic rings. The second kappa shape index (κ2) is 4.77. The third kappa shape index (κ3) is 1.67. The maximum Gasteiger partial charge on any atom is 0.332 e. The Morgan fingerprint density at radius 2 is 1.94 bits per heavy atom. The molecule has 2 aromatic heterocycles. The molecule has 2 aromatic rings. The molecule has 0 saturated carbocycles. The van der Waals surface area contributed by atoms with Gasteiger partial charge in [0.25, 0.3) is 5.56 Å². The fraction of sp³-hybridized carbons (Fsp3) is 0.545. The lowest BCUT2D eigenvalue weighted by Crippen LogP contribution is -2.41. The monoisotopic (exact) mass is 252 g/mol. The van der Waals surface area contributed by atoms with E-state index in [1.807, 2.05) is 13.8 Å². The van der Waals surface area contributed by atoms with E-state index < -0.39 is 11.2 Å². The Bertz CT molecular complexity index is 680. The summed E-state index contributed by atoms with van der Waals surface area (Å²) in [7, 11) is 0. The number of aromatic nitrogens is 4. The molecular weight excluding hydrogens is 236 g/mol. The van der Waals surface area contributed by atoms with E-state index in [0.29, 0.717) is 24.3 Å². The SMILES string of the molecule is CCn1cnc2c1c(=O)n(CCO)c(=O)n2CC. The highest BCUT2D eigenvalue weighted by Crippen LogP contribution is 2.06. The maximum absolute atomic E-state index is 12.2. The Balaban J connectivity index is 2.94. The van der Waals surface area contributed by atoms with Gasteiger partial charge in [0.05, 0.1) is 19.5 Å². The molecule has 0 spiro atoms. The minimum atomic E-state index is -0.426. The van der Waals surface area contributed by atoms with Gasteiger partial charge in [-0.1, -0.05) is 0 Å². The average molecular weight is 252 g/mol. The van der Waals surface area contributed by atoms with E-state index in [2.05, 4.69) is 4.98 Å². The van der Waals surface area contributed by atoms with Crippen LogP contribution >= 0.6 is 0 Å². The first kappa shape index (κ1) is 12.6. The van der Waals surface area contributed by atoms with Crippen LogP contribution in [-0.2, 0) is 19.6 Å². The number of hydrogen-bond donors (Lipinski definition) is 1. The van der Waals surface area contributed by atoms with E-state index in [9.17, 15) is 9.59 Å². The van der Waals surface area contributed by atoms with E-state index in [-0.39, 0.29) is 13.2 Å². The van der Waals surface area contributed by atoms with Crippen LogP contribution in [0.3, 0.4) is 0 Å². The Kier molecular flexibility index (Phi) is 3.33. The Hall–Kier alpha value is -1.89. The van der Waals surface area contributed by atoms with Crippen LogP contribution in [0.25, 0.3) is 11.2 Å². The molecule has 2 rings (SSSR count). The summed E-state index contributed by atoms with van der Waals surface area (Å²) in [5.74, 6) is 0. The zero-order valence-corrected chi connectivity index (χ0v) is 10.5. The number of aryl methyl sites for hydroxylation is 2. The number of aliphatic hydroxyl groups excluding tert-OH is 1. The van der Waals surface area contributed by atoms with Crippen molar-refractivity contribution in [2.24, 2.45) is 0 Å². The minimum Gasteiger partial charge on any atom is -0.395 e. The molecule has 18 heavy (non-hydrogen) atoms. The summed E-state index contributed by atoms with van der Waals surface area (Å²) in [5, 5.41) is 8.95. The van der Waals surface area contributed by atoms with Gasteiger partial charge in [0.2, 0.25) is 0 Å². The van der Waals surface area contributed by atoms with Crippen LogP contribution in [0.5, 0.6) is 0 Å². The van der Waals surface area contributed by atoms with Gasteiger partial charge in [0.1, 0.15) is 0 Å². The van der Waals surface area contributed by atoms with Crippen molar-refractivity contribution in [1.82, 2.24) is 18.7 Å². The zero-order valence-electron chi connectivity index (χ0n) is 10.5. The molecule has 0 amide bonds. The van der Waals surface area contributed by atoms with E-state index in [1.54, 1.807) is 10.9 Å². The normalized spacial score (nSPS) is 11.3. The highest BCUT2D eigenvalue weighted by Gasteiger charge is 2.16. The molecule has 1 N–H and O–H groups in total. The third-order valence-corrected chi connectivity index (χ3v) is 2.96. The van der Waals surface area contributed by atoms with Crippen LogP contribution in [0.1, 0.15) is 13.8 Å². The fourth-order valence-corrected chi connectivity index (χ4v) is 2.06. The van der Waals surface area contributed by atoms with Crippen molar-refractivity contribution in [3.05, 3.63) is 27.2 Å². The smallest absolute Gasteiger partial charge is 0.332 e. The van der Waals surface area contributed by atoms with E-state index in [0.717, 1.165) is 4.57 Å². The number of hydrogen-bond acceptors (Lipinski definition) is 4. The summed E-state index contributed by atoms with van der Waals surface area (Å²) in [6.07, 6.45) is 1.56. The van der Waals surface area contributed by atoms with Gasteiger partial charge in [-0.15, -0.1) is 0 Å². The third-order valence-electron chi connectivity index (χ3n) is 2.96. The van der Waals surface area contributed by atoms with Crippen molar-refractivity contribution in [3.8, 4) is 0 Å². The van der Waals surface area contributed by atoms with Crippen molar-refractivity contribution >= 4 is 11.2 Å². The highest BCUT2D eigenvalue weighted by molar-refractivity contribution is 5.70. The second-order valence-corrected chi connectivity index (χ2v) is 3.91. The van der Waals surface area contributed by atoms with Gasteiger partial charge < -0.3 is 9.67 Å². The lowest BCUT2D eigenvalue weighted by atomic mass is 10.4. The first-order chi connectivity index (χ1) is 8.65. The van der Waals surface area contributed by atoms with Crippen molar-refractivity contribution in [3.63, 3.8) is 0 Å². The van der Waals surface area contributed by atoms with Crippen molar-refractivity contribution < 1.29 is 5.11 Å². The molecule has 0 bridgehead atoms. The van der Waals surface area contributed by atoms with Crippen molar-refractivity contribution in [2.45, 2.75) is 33.5 Å². The predicted molar refractivity (Wildman–Crippen MR) is 66.7 cm³/mol. The lowest BCUT2D eigenvalue weighted by molar-refractivity contribution is 0.270. The molecule has 0 aliphatic carbocycles. The molecule has 0 aliphatic heterocycles. The number of imidazole rings is 1. The van der Waals surface area contributed by atoms with Crippen LogP contribution in [0.4, 0.5) is 0 Å². The number of fused-ring (bicyclic) bond motifs is 1. The molecule has 0 unspecified atom stereocenters. The lowest BCUT2D eigenvalue weighted by Gasteiger charge is -2.09. The summed E-state index contributed by atoms with van der Waals surface area (Å²) in [4.78, 5) is 28.4. The summed E-state index contributed by atoms with van der Waals surface area (Å²) in [6.45, 7) is 4.51. The summed E-state index contributed by atoms with van der Waals surface area (Å²) < 4.78 is 4.20. The molecule has 0 saturated heterocycles. The molecule has 0 atom stereocenters. The number of rotatable bonds is 4. The predicted octanol–water partition coefficient (Wildman–Crippen LogP) is -0.608. The first-order valence-electron chi connectivity index (χ1n) is 5.95. The summed E-state index contributed by atoms with van der Waals surface area (Å²) >= 11 is 0. The average Bonchev–Trinajstić information content (AvgIpc) is 2.79. The Morgan fingerprint density at radius 1 is 1.22 bits per heavy atom. The number of nitrogens with zero attached hydrogens (tertiary/aromatic N) is 4. The zero-order chi connectivity index (χ0) is 13.3. The van der Waals surface area contributed by atoms with Crippen LogP contribution in [0.2, 0.25) is 0 Å². The maximum atomic E-state index is 12.2. The summed E-state index contributed by atoms with van der Waals surface area (Å²) in [6, 6.07) is 0. The Labute approximate surface area is 103 Å². The highest BCUT2D eigenvalue weighted by atomic mass is 16.3. The van der Waals surface area contributed by atoms with Gasteiger partial charge in [-0.2, -0.15) is 0 Å². The van der Waals surface area contributed by atoms with E-state index in [4.69, 9.17) is 5.11 Å². The standard InChI is InChI=1S/C11H16N4O3/c1-3-13-7-12-9-8(13)10(17)15(5-6-16)11(18)14(9)4-2/h7,16H,3-6H2,1-2H3. The minimum absolute atomic E-state index is 0.00248. The van der Waals surface area contributed by atoms with Crippen LogP contribution in [0.15, 0.2) is 15.9 Å². The van der Waals surface area contributed by atoms with Crippen LogP contribution < -0.4 is 11.2 Å². The van der Waals surface area contributed by atoms with Gasteiger partial charge in [-0.05, 0) is 13.8 Å². The molecule has 98 valence electrons. The van der Waals surface area contributed by atoms with Gasteiger partial charge in [-0.25, -0.2) is 9.78 Å². The molecule has 2 heterocycles. The molecule has 0 radical (unpaired) electrons. The molecule has 0 fully saturated rings. The quantitative estimate of drug-likeness (QED) is 0.787. The van der Waals surface area contributed by atoms with Gasteiger partial charge in [0.15, 0.2) is 11.2 Å². The first-order valence-corrected chi connectivity index (χ1v) is 5.95. The van der Waals surface area contributed by atoms with Gasteiger partial charge in [-0.3, -0.25) is 13.9 Å². The van der Waals surface area contributed by atoms with E-state index in [1.165, 1.54) is 4.57 Å². The molecule has 7 nitrogen and oxygen atoms in total. The summed E-state index contributed by atoms with van der Waals surface area (Å²) in [5.41, 5.74) is -0.00515. The van der Waals surface area contributed by atoms with Gasteiger partial charge in [0, 0.05) is 13.1 Å².